The lowest BCUT2D eigenvalue weighted by Gasteiger charge is -2.17. The molecule has 0 heterocycles. The van der Waals surface area contributed by atoms with Gasteiger partial charge in [-0.2, -0.15) is 4.72 Å². The molecule has 0 aliphatic rings. The summed E-state index contributed by atoms with van der Waals surface area (Å²) in [6.45, 7) is 3.41. The van der Waals surface area contributed by atoms with Crippen molar-refractivity contribution in [1.82, 2.24) is 4.72 Å². The molecule has 2 aromatic carbocycles. The number of hydrogen-bond donors (Lipinski definition) is 2. The molecule has 0 aromatic heterocycles. The van der Waals surface area contributed by atoms with Crippen molar-refractivity contribution < 1.29 is 17.9 Å². The summed E-state index contributed by atoms with van der Waals surface area (Å²) in [5, 5.41) is 3.46. The van der Waals surface area contributed by atoms with E-state index in [1.807, 2.05) is 0 Å². The van der Waals surface area contributed by atoms with Crippen LogP contribution in [-0.2, 0) is 14.8 Å². The Hall–Kier alpha value is -1.51. The maximum Gasteiger partial charge on any atom is 0.245 e. The largest absolute Gasteiger partial charge is 0.492 e. The Labute approximate surface area is 172 Å². The summed E-state index contributed by atoms with van der Waals surface area (Å²) in [6, 6.07) is 7.66. The number of carbonyl (C=O) groups excluding carboxylic acids is 1. The minimum Gasteiger partial charge on any atom is -0.492 e. The highest BCUT2D eigenvalue weighted by molar-refractivity contribution is 7.89. The van der Waals surface area contributed by atoms with Gasteiger partial charge in [-0.25, -0.2) is 8.42 Å². The van der Waals surface area contributed by atoms with Crippen LogP contribution in [0.3, 0.4) is 0 Å². The Morgan fingerprint density at radius 3 is 2.30 bits per heavy atom. The van der Waals surface area contributed by atoms with Crippen molar-refractivity contribution in [3.8, 4) is 5.75 Å². The maximum absolute atomic E-state index is 12.7. The fourth-order valence-corrected chi connectivity index (χ4v) is 4.33. The highest BCUT2D eigenvalue weighted by atomic mass is 35.5. The SMILES string of the molecule is CCOc1ccc(Cl)cc1S(=O)(=O)NC(C)C(=O)Nc1cc(Cl)cc(Cl)c1. The number of nitrogens with one attached hydrogen (secondary N) is 2. The zero-order chi connectivity index (χ0) is 20.2. The fraction of sp³-hybridized carbons (Fsp3) is 0.235. The third kappa shape index (κ3) is 5.99. The molecule has 0 aliphatic heterocycles. The molecule has 6 nitrogen and oxygen atoms in total. The number of ether oxygens (including phenoxy) is 1. The lowest BCUT2D eigenvalue weighted by atomic mass is 10.3. The molecule has 146 valence electrons. The van der Waals surface area contributed by atoms with E-state index in [1.54, 1.807) is 6.92 Å². The van der Waals surface area contributed by atoms with Gasteiger partial charge in [0.05, 0.1) is 12.6 Å². The predicted octanol–water partition coefficient (Wildman–Crippen LogP) is 4.35. The third-order valence-electron chi connectivity index (χ3n) is 3.35. The van der Waals surface area contributed by atoms with Gasteiger partial charge in [0.2, 0.25) is 15.9 Å². The molecular formula is C17H17Cl3N2O4S. The molecule has 2 rings (SSSR count). The van der Waals surface area contributed by atoms with Crippen LogP contribution in [0, 0.1) is 0 Å². The summed E-state index contributed by atoms with van der Waals surface area (Å²) in [4.78, 5) is 12.2. The summed E-state index contributed by atoms with van der Waals surface area (Å²) in [6.07, 6.45) is 0. The first-order chi connectivity index (χ1) is 12.6. The zero-order valence-electron chi connectivity index (χ0n) is 14.4. The molecule has 27 heavy (non-hydrogen) atoms. The van der Waals surface area contributed by atoms with Gasteiger partial charge in [-0.3, -0.25) is 4.79 Å². The third-order valence-corrected chi connectivity index (χ3v) is 5.58. The number of hydrogen-bond acceptors (Lipinski definition) is 4. The molecule has 1 amide bonds. The smallest absolute Gasteiger partial charge is 0.245 e. The van der Waals surface area contributed by atoms with Crippen LogP contribution in [0.4, 0.5) is 5.69 Å². The van der Waals surface area contributed by atoms with E-state index in [1.165, 1.54) is 43.3 Å². The van der Waals surface area contributed by atoms with Gasteiger partial charge in [0.15, 0.2) is 0 Å². The Morgan fingerprint density at radius 1 is 1.07 bits per heavy atom. The number of rotatable bonds is 7. The molecule has 0 saturated heterocycles. The van der Waals surface area contributed by atoms with E-state index in [0.717, 1.165) is 0 Å². The molecule has 0 saturated carbocycles. The first-order valence-electron chi connectivity index (χ1n) is 7.84. The summed E-state index contributed by atoms with van der Waals surface area (Å²) >= 11 is 17.7. The van der Waals surface area contributed by atoms with E-state index in [9.17, 15) is 13.2 Å². The second-order valence-corrected chi connectivity index (χ2v) is 8.51. The van der Waals surface area contributed by atoms with Crippen molar-refractivity contribution >= 4 is 56.4 Å². The number of amides is 1. The molecule has 1 unspecified atom stereocenters. The van der Waals surface area contributed by atoms with E-state index in [0.29, 0.717) is 15.7 Å². The number of anilines is 1. The minimum absolute atomic E-state index is 0.142. The molecule has 10 heteroatoms. The second-order valence-electron chi connectivity index (χ2n) is 5.51. The second kappa shape index (κ2) is 9.12. The molecule has 0 fully saturated rings. The first kappa shape index (κ1) is 21.8. The molecule has 1 atom stereocenters. The molecule has 0 radical (unpaired) electrons. The fourth-order valence-electron chi connectivity index (χ4n) is 2.19. The standard InChI is InChI=1S/C17H17Cl3N2O4S/c1-3-26-15-5-4-11(18)9-16(15)27(24,25)22-10(2)17(23)21-14-7-12(19)6-13(20)8-14/h4-10,22H,3H2,1-2H3,(H,21,23). The Kier molecular flexibility index (Phi) is 7.36. The Balaban J connectivity index is 2.19. The molecular weight excluding hydrogens is 435 g/mol. The molecule has 2 aromatic rings. The van der Waals surface area contributed by atoms with E-state index < -0.39 is 22.0 Å². The normalized spacial score (nSPS) is 12.5. The van der Waals surface area contributed by atoms with Gasteiger partial charge in [-0.1, -0.05) is 34.8 Å². The lowest BCUT2D eigenvalue weighted by Crippen LogP contribution is -2.41. The van der Waals surface area contributed by atoms with Crippen LogP contribution in [-0.4, -0.2) is 27.0 Å². The maximum atomic E-state index is 12.7. The van der Waals surface area contributed by atoms with Gasteiger partial charge in [0.1, 0.15) is 10.6 Å². The van der Waals surface area contributed by atoms with Crippen molar-refractivity contribution in [2.75, 3.05) is 11.9 Å². The quantitative estimate of drug-likeness (QED) is 0.655. The average Bonchev–Trinajstić information content (AvgIpc) is 2.55. The van der Waals surface area contributed by atoms with Gasteiger partial charge in [-0.05, 0) is 50.2 Å². The van der Waals surface area contributed by atoms with Gasteiger partial charge in [0.25, 0.3) is 0 Å². The van der Waals surface area contributed by atoms with Crippen LogP contribution < -0.4 is 14.8 Å². The van der Waals surface area contributed by atoms with Gasteiger partial charge < -0.3 is 10.1 Å². The Bertz CT molecular complexity index is 931. The molecule has 0 spiro atoms. The van der Waals surface area contributed by atoms with Crippen LogP contribution >= 0.6 is 34.8 Å². The van der Waals surface area contributed by atoms with E-state index in [-0.39, 0.29) is 22.3 Å². The monoisotopic (exact) mass is 450 g/mol. The van der Waals surface area contributed by atoms with Crippen molar-refractivity contribution in [1.29, 1.82) is 0 Å². The van der Waals surface area contributed by atoms with Crippen LogP contribution in [0.1, 0.15) is 13.8 Å². The molecule has 2 N–H and O–H groups in total. The summed E-state index contributed by atoms with van der Waals surface area (Å²) in [5.41, 5.74) is 0.348. The van der Waals surface area contributed by atoms with Crippen molar-refractivity contribution in [2.45, 2.75) is 24.8 Å². The molecule has 0 aliphatic carbocycles. The highest BCUT2D eigenvalue weighted by Gasteiger charge is 2.25. The molecule has 0 bridgehead atoms. The summed E-state index contributed by atoms with van der Waals surface area (Å²) in [5.74, 6) is -0.444. The average molecular weight is 452 g/mol. The van der Waals surface area contributed by atoms with Crippen LogP contribution in [0.15, 0.2) is 41.3 Å². The van der Waals surface area contributed by atoms with Crippen molar-refractivity contribution in [2.24, 2.45) is 0 Å². The zero-order valence-corrected chi connectivity index (χ0v) is 17.5. The topological polar surface area (TPSA) is 84.5 Å². The van der Waals surface area contributed by atoms with Crippen LogP contribution in [0.2, 0.25) is 15.1 Å². The van der Waals surface area contributed by atoms with Crippen LogP contribution in [0.25, 0.3) is 0 Å². The van der Waals surface area contributed by atoms with E-state index >= 15 is 0 Å². The number of carbonyl (C=O) groups is 1. The van der Waals surface area contributed by atoms with Crippen molar-refractivity contribution in [3.05, 3.63) is 51.5 Å². The van der Waals surface area contributed by atoms with Crippen LogP contribution in [0.5, 0.6) is 5.75 Å². The van der Waals surface area contributed by atoms with Gasteiger partial charge >= 0.3 is 0 Å². The van der Waals surface area contributed by atoms with Gasteiger partial charge in [0, 0.05) is 20.8 Å². The van der Waals surface area contributed by atoms with Crippen molar-refractivity contribution in [3.63, 3.8) is 0 Å². The van der Waals surface area contributed by atoms with E-state index in [2.05, 4.69) is 10.0 Å². The highest BCUT2D eigenvalue weighted by Crippen LogP contribution is 2.27. The lowest BCUT2D eigenvalue weighted by molar-refractivity contribution is -0.117. The number of benzene rings is 2. The Morgan fingerprint density at radius 2 is 1.70 bits per heavy atom. The van der Waals surface area contributed by atoms with E-state index in [4.69, 9.17) is 39.5 Å². The predicted molar refractivity (Wildman–Crippen MR) is 107 cm³/mol. The first-order valence-corrected chi connectivity index (χ1v) is 10.5. The number of sulfonamides is 1. The number of halogens is 3. The summed E-state index contributed by atoms with van der Waals surface area (Å²) < 4.78 is 33.0. The summed E-state index contributed by atoms with van der Waals surface area (Å²) in [7, 11) is -4.06. The minimum atomic E-state index is -4.06. The van der Waals surface area contributed by atoms with Gasteiger partial charge in [-0.15, -0.1) is 0 Å².